The fourth-order valence-electron chi connectivity index (χ4n) is 1.81. The summed E-state index contributed by atoms with van der Waals surface area (Å²) in [5.74, 6) is 2.20. The van der Waals surface area contributed by atoms with Crippen molar-refractivity contribution in [2.24, 2.45) is 7.05 Å². The van der Waals surface area contributed by atoms with Gasteiger partial charge < -0.3 is 11.1 Å². The molecule has 0 radical (unpaired) electrons. The van der Waals surface area contributed by atoms with Crippen molar-refractivity contribution >= 4 is 23.3 Å². The summed E-state index contributed by atoms with van der Waals surface area (Å²) in [7, 11) is 1.94. The van der Waals surface area contributed by atoms with E-state index in [1.165, 1.54) is 18.6 Å². The van der Waals surface area contributed by atoms with Crippen molar-refractivity contribution < 1.29 is 0 Å². The lowest BCUT2D eigenvalue weighted by Crippen LogP contribution is -2.08. The van der Waals surface area contributed by atoms with Crippen LogP contribution in [0.5, 0.6) is 0 Å². The molecule has 1 heterocycles. The Morgan fingerprint density at radius 2 is 2.18 bits per heavy atom. The molecule has 0 aliphatic rings. The van der Waals surface area contributed by atoms with E-state index in [9.17, 15) is 0 Å². The Labute approximate surface area is 108 Å². The number of unbranched alkanes of at least 4 members (excludes halogenated alkanes) is 1. The van der Waals surface area contributed by atoms with Crippen LogP contribution in [0.25, 0.3) is 0 Å². The number of nitrogens with one attached hydrogen (secondary N) is 1. The highest BCUT2D eigenvalue weighted by molar-refractivity contribution is 7.98. The van der Waals surface area contributed by atoms with E-state index >= 15 is 0 Å². The molecular weight excluding hydrogens is 232 g/mol. The van der Waals surface area contributed by atoms with Crippen LogP contribution in [-0.4, -0.2) is 28.3 Å². The molecule has 1 aromatic rings. The minimum atomic E-state index is 0.819. The van der Waals surface area contributed by atoms with E-state index in [1.54, 1.807) is 0 Å². The molecule has 0 saturated carbocycles. The Morgan fingerprint density at radius 1 is 1.41 bits per heavy atom. The lowest BCUT2D eigenvalue weighted by Gasteiger charge is -2.07. The number of aryl methyl sites for hydroxylation is 2. The number of aromatic nitrogens is 2. The van der Waals surface area contributed by atoms with Crippen molar-refractivity contribution in [1.82, 2.24) is 9.78 Å². The number of nitrogen functional groups attached to an aromatic ring is 1. The van der Waals surface area contributed by atoms with Gasteiger partial charge in [-0.1, -0.05) is 13.3 Å². The predicted molar refractivity (Wildman–Crippen MR) is 77.7 cm³/mol. The van der Waals surface area contributed by atoms with Gasteiger partial charge >= 0.3 is 0 Å². The van der Waals surface area contributed by atoms with Crippen molar-refractivity contribution in [3.8, 4) is 0 Å². The molecular formula is C12H24N4S. The third-order valence-corrected chi connectivity index (χ3v) is 3.41. The molecule has 0 fully saturated rings. The van der Waals surface area contributed by atoms with Crippen LogP contribution in [-0.2, 0) is 13.5 Å². The Kier molecular flexibility index (Phi) is 6.26. The Bertz CT molecular complexity index is 335. The summed E-state index contributed by atoms with van der Waals surface area (Å²) in [5, 5.41) is 7.83. The predicted octanol–water partition coefficient (Wildman–Crippen LogP) is 2.51. The summed E-state index contributed by atoms with van der Waals surface area (Å²) in [6.45, 7) is 3.11. The highest BCUT2D eigenvalue weighted by atomic mass is 32.2. The molecule has 1 aromatic heterocycles. The van der Waals surface area contributed by atoms with Crippen LogP contribution in [0.1, 0.15) is 31.9 Å². The van der Waals surface area contributed by atoms with E-state index in [0.29, 0.717) is 0 Å². The molecule has 4 nitrogen and oxygen atoms in total. The van der Waals surface area contributed by atoms with Gasteiger partial charge in [0.2, 0.25) is 0 Å². The molecule has 0 saturated heterocycles. The Morgan fingerprint density at radius 3 is 2.82 bits per heavy atom. The number of hydrogen-bond acceptors (Lipinski definition) is 4. The zero-order valence-corrected chi connectivity index (χ0v) is 11.9. The molecule has 0 aromatic carbocycles. The monoisotopic (exact) mass is 256 g/mol. The van der Waals surface area contributed by atoms with E-state index < -0.39 is 0 Å². The first-order valence-electron chi connectivity index (χ1n) is 6.24. The highest BCUT2D eigenvalue weighted by Crippen LogP contribution is 2.22. The summed E-state index contributed by atoms with van der Waals surface area (Å²) in [6.07, 6.45) is 6.59. The number of rotatable bonds is 8. The average Bonchev–Trinajstić information content (AvgIpc) is 2.56. The maximum absolute atomic E-state index is 6.08. The van der Waals surface area contributed by atoms with Crippen molar-refractivity contribution in [2.75, 3.05) is 29.6 Å². The number of anilines is 2. The fraction of sp³-hybridized carbons (Fsp3) is 0.750. The van der Waals surface area contributed by atoms with Gasteiger partial charge in [0.1, 0.15) is 5.82 Å². The van der Waals surface area contributed by atoms with Gasteiger partial charge in [-0.25, -0.2) is 0 Å². The second-order valence-electron chi connectivity index (χ2n) is 4.21. The van der Waals surface area contributed by atoms with Gasteiger partial charge in [0, 0.05) is 13.6 Å². The largest absolute Gasteiger partial charge is 0.394 e. The molecule has 0 amide bonds. The molecule has 1 rings (SSSR count). The molecule has 98 valence electrons. The van der Waals surface area contributed by atoms with Crippen molar-refractivity contribution in [1.29, 1.82) is 0 Å². The summed E-state index contributed by atoms with van der Waals surface area (Å²) in [6, 6.07) is 0. The standard InChI is InChI=1S/C12H24N4S/c1-4-7-10-11(13)12(16(2)15-10)14-8-5-6-9-17-3/h14H,4-9,13H2,1-3H3. The van der Waals surface area contributed by atoms with Gasteiger partial charge in [0.05, 0.1) is 11.4 Å². The lowest BCUT2D eigenvalue weighted by atomic mass is 10.2. The van der Waals surface area contributed by atoms with E-state index in [-0.39, 0.29) is 0 Å². The van der Waals surface area contributed by atoms with Crippen LogP contribution in [0.2, 0.25) is 0 Å². The minimum Gasteiger partial charge on any atom is -0.394 e. The summed E-state index contributed by atoms with van der Waals surface area (Å²) >= 11 is 1.89. The van der Waals surface area contributed by atoms with E-state index in [1.807, 2.05) is 23.5 Å². The fourth-order valence-corrected chi connectivity index (χ4v) is 2.30. The maximum atomic E-state index is 6.08. The van der Waals surface area contributed by atoms with Gasteiger partial charge in [-0.15, -0.1) is 0 Å². The Balaban J connectivity index is 2.47. The molecule has 0 aliphatic heterocycles. The van der Waals surface area contributed by atoms with Crippen molar-refractivity contribution in [3.63, 3.8) is 0 Å². The summed E-state index contributed by atoms with van der Waals surface area (Å²) < 4.78 is 1.86. The molecule has 3 N–H and O–H groups in total. The zero-order valence-electron chi connectivity index (χ0n) is 11.1. The van der Waals surface area contributed by atoms with Crippen LogP contribution < -0.4 is 11.1 Å². The van der Waals surface area contributed by atoms with Crippen LogP contribution in [0.15, 0.2) is 0 Å². The maximum Gasteiger partial charge on any atom is 0.147 e. The SMILES string of the molecule is CCCc1nn(C)c(NCCCCSC)c1N. The van der Waals surface area contributed by atoms with E-state index in [2.05, 4.69) is 23.6 Å². The van der Waals surface area contributed by atoms with Gasteiger partial charge in [0.15, 0.2) is 0 Å². The first kappa shape index (κ1) is 14.2. The molecule has 0 spiro atoms. The van der Waals surface area contributed by atoms with E-state index in [0.717, 1.165) is 36.6 Å². The van der Waals surface area contributed by atoms with Gasteiger partial charge in [-0.05, 0) is 31.3 Å². The molecule has 5 heteroatoms. The van der Waals surface area contributed by atoms with Crippen molar-refractivity contribution in [2.45, 2.75) is 32.6 Å². The second-order valence-corrected chi connectivity index (χ2v) is 5.19. The average molecular weight is 256 g/mol. The first-order chi connectivity index (χ1) is 8.20. The zero-order chi connectivity index (χ0) is 12.7. The first-order valence-corrected chi connectivity index (χ1v) is 7.64. The lowest BCUT2D eigenvalue weighted by molar-refractivity contribution is 0.730. The normalized spacial score (nSPS) is 10.8. The third kappa shape index (κ3) is 4.15. The van der Waals surface area contributed by atoms with Crippen LogP contribution in [0.3, 0.4) is 0 Å². The molecule has 0 atom stereocenters. The summed E-state index contributed by atoms with van der Waals surface area (Å²) in [5.41, 5.74) is 7.92. The van der Waals surface area contributed by atoms with Gasteiger partial charge in [0.25, 0.3) is 0 Å². The van der Waals surface area contributed by atoms with Crippen LogP contribution in [0.4, 0.5) is 11.5 Å². The third-order valence-electron chi connectivity index (χ3n) is 2.71. The number of thioether (sulfide) groups is 1. The number of nitrogens with two attached hydrogens (primary N) is 1. The van der Waals surface area contributed by atoms with Gasteiger partial charge in [-0.3, -0.25) is 4.68 Å². The highest BCUT2D eigenvalue weighted by Gasteiger charge is 2.11. The summed E-state index contributed by atoms with van der Waals surface area (Å²) in [4.78, 5) is 0. The van der Waals surface area contributed by atoms with Crippen LogP contribution >= 0.6 is 11.8 Å². The second kappa shape index (κ2) is 7.48. The Hall–Kier alpha value is -0.840. The quantitative estimate of drug-likeness (QED) is 0.702. The van der Waals surface area contributed by atoms with Crippen molar-refractivity contribution in [3.05, 3.63) is 5.69 Å². The number of hydrogen-bond donors (Lipinski definition) is 2. The number of nitrogens with zero attached hydrogens (tertiary/aromatic N) is 2. The molecule has 0 unspecified atom stereocenters. The smallest absolute Gasteiger partial charge is 0.147 e. The van der Waals surface area contributed by atoms with Crippen LogP contribution in [0, 0.1) is 0 Å². The topological polar surface area (TPSA) is 55.9 Å². The molecule has 0 bridgehead atoms. The minimum absolute atomic E-state index is 0.819. The molecule has 0 aliphatic carbocycles. The van der Waals surface area contributed by atoms with Gasteiger partial charge in [-0.2, -0.15) is 16.9 Å². The molecule has 17 heavy (non-hydrogen) atoms. The van der Waals surface area contributed by atoms with E-state index in [4.69, 9.17) is 5.73 Å².